The van der Waals surface area contributed by atoms with E-state index in [-0.39, 0.29) is 43.4 Å². The van der Waals surface area contributed by atoms with Gasteiger partial charge in [-0.1, -0.05) is 26.7 Å². The molecule has 0 saturated heterocycles. The second kappa shape index (κ2) is 31.5. The van der Waals surface area contributed by atoms with E-state index in [1.807, 2.05) is 0 Å². The molecular weight excluding hydrogens is 192 g/mol. The molecule has 0 aliphatic heterocycles. The van der Waals surface area contributed by atoms with Crippen LogP contribution < -0.4 is 0 Å². The standard InChI is InChI=1S/2C4H9.2Ti/c2*1-3-4-2;;/h2*1,3-4H2,2H3;;/q2*-1;;. The van der Waals surface area contributed by atoms with Crippen LogP contribution in [0.25, 0.3) is 0 Å². The Morgan fingerprint density at radius 3 is 0.900 bits per heavy atom. The molecule has 0 unspecified atom stereocenters. The summed E-state index contributed by atoms with van der Waals surface area (Å²) in [6.45, 7) is 11.4. The molecule has 0 N–H and O–H groups in total. The van der Waals surface area contributed by atoms with Crippen LogP contribution in [0.4, 0.5) is 0 Å². The Balaban J connectivity index is -0.0000000300. The van der Waals surface area contributed by atoms with Crippen molar-refractivity contribution in [2.45, 2.75) is 39.5 Å². The summed E-state index contributed by atoms with van der Waals surface area (Å²) in [4.78, 5) is 0. The summed E-state index contributed by atoms with van der Waals surface area (Å²) in [5.74, 6) is 0. The molecule has 0 radical (unpaired) electrons. The van der Waals surface area contributed by atoms with Gasteiger partial charge in [0.1, 0.15) is 0 Å². The van der Waals surface area contributed by atoms with E-state index in [2.05, 4.69) is 27.7 Å². The van der Waals surface area contributed by atoms with Crippen molar-refractivity contribution < 1.29 is 43.4 Å². The zero-order valence-corrected chi connectivity index (χ0v) is 10.4. The fourth-order valence-electron chi connectivity index (χ4n) is 0. The number of hydrogen-bond donors (Lipinski definition) is 0. The van der Waals surface area contributed by atoms with Crippen LogP contribution in [0, 0.1) is 13.8 Å². The predicted molar refractivity (Wildman–Crippen MR) is 40.5 cm³/mol. The maximum absolute atomic E-state index is 3.60. The molecule has 0 aliphatic rings. The van der Waals surface area contributed by atoms with Gasteiger partial charge in [-0.25, -0.2) is 0 Å². The summed E-state index contributed by atoms with van der Waals surface area (Å²) in [6.07, 6.45) is 4.56. The molecule has 0 atom stereocenters. The average Bonchev–Trinajstić information content (AvgIpc) is 1.88. The van der Waals surface area contributed by atoms with E-state index >= 15 is 0 Å². The third-order valence-electron chi connectivity index (χ3n) is 0.707. The topological polar surface area (TPSA) is 0 Å². The molecule has 0 spiro atoms. The van der Waals surface area contributed by atoms with E-state index in [9.17, 15) is 0 Å². The largest absolute Gasteiger partial charge is 0.343 e. The van der Waals surface area contributed by atoms with Crippen molar-refractivity contribution in [1.29, 1.82) is 0 Å². The normalized spacial score (nSPS) is 6.00. The summed E-state index contributed by atoms with van der Waals surface area (Å²) in [5.41, 5.74) is 0. The van der Waals surface area contributed by atoms with Gasteiger partial charge >= 0.3 is 0 Å². The van der Waals surface area contributed by atoms with Gasteiger partial charge in [-0.05, 0) is 0 Å². The first-order valence-corrected chi connectivity index (χ1v) is 3.41. The first-order valence-electron chi connectivity index (χ1n) is 3.41. The molecule has 0 aromatic rings. The second-order valence-corrected chi connectivity index (χ2v) is 1.71. The Kier molecular flexibility index (Phi) is 70.9. The van der Waals surface area contributed by atoms with E-state index in [0.29, 0.717) is 0 Å². The molecule has 0 saturated carbocycles. The molecule has 0 aromatic carbocycles. The number of rotatable bonds is 2. The van der Waals surface area contributed by atoms with Gasteiger partial charge in [0, 0.05) is 43.4 Å². The Hall–Kier alpha value is 1.43. The van der Waals surface area contributed by atoms with Gasteiger partial charge in [-0.3, -0.25) is 0 Å². The van der Waals surface area contributed by atoms with E-state index in [1.165, 1.54) is 12.8 Å². The predicted octanol–water partition coefficient (Wildman–Crippen LogP) is 3.24. The SMILES string of the molecule is [CH2-]CCC.[CH2-]CCC.[Ti].[Ti]. The van der Waals surface area contributed by atoms with E-state index in [1.54, 1.807) is 0 Å². The molecule has 0 fully saturated rings. The van der Waals surface area contributed by atoms with Crippen molar-refractivity contribution in [1.82, 2.24) is 0 Å². The van der Waals surface area contributed by atoms with Gasteiger partial charge in [0.15, 0.2) is 0 Å². The third kappa shape index (κ3) is 57.0. The van der Waals surface area contributed by atoms with Crippen LogP contribution in [-0.2, 0) is 43.4 Å². The molecule has 0 aliphatic carbocycles. The average molecular weight is 210 g/mol. The van der Waals surface area contributed by atoms with Crippen molar-refractivity contribution >= 4 is 0 Å². The van der Waals surface area contributed by atoms with Crippen LogP contribution in [0.2, 0.25) is 0 Å². The Morgan fingerprint density at radius 2 is 0.900 bits per heavy atom. The fraction of sp³-hybridized carbons (Fsp3) is 0.750. The summed E-state index contributed by atoms with van der Waals surface area (Å²) >= 11 is 0. The minimum absolute atomic E-state index is 0. The van der Waals surface area contributed by atoms with Gasteiger partial charge < -0.3 is 13.8 Å². The van der Waals surface area contributed by atoms with Crippen LogP contribution in [0.3, 0.4) is 0 Å². The minimum Gasteiger partial charge on any atom is -0.343 e. The minimum atomic E-state index is 0. The quantitative estimate of drug-likeness (QED) is 0.484. The molecule has 2 heteroatoms. The Bertz CT molecular complexity index is 15.2. The molecule has 0 rings (SSSR count). The third-order valence-corrected chi connectivity index (χ3v) is 0.707. The van der Waals surface area contributed by atoms with Crippen LogP contribution in [0.5, 0.6) is 0 Å². The van der Waals surface area contributed by atoms with Gasteiger partial charge in [0.05, 0.1) is 0 Å². The monoisotopic (exact) mass is 210 g/mol. The summed E-state index contributed by atoms with van der Waals surface area (Å²) in [6, 6.07) is 0. The van der Waals surface area contributed by atoms with Gasteiger partial charge in [0.25, 0.3) is 0 Å². The van der Waals surface area contributed by atoms with Gasteiger partial charge in [-0.2, -0.15) is 12.8 Å². The summed E-state index contributed by atoms with van der Waals surface area (Å²) in [7, 11) is 0. The van der Waals surface area contributed by atoms with Gasteiger partial charge in [-0.15, -0.1) is 0 Å². The second-order valence-electron chi connectivity index (χ2n) is 1.71. The van der Waals surface area contributed by atoms with Crippen LogP contribution in [-0.4, -0.2) is 0 Å². The first kappa shape index (κ1) is 22.5. The Labute approximate surface area is 96.3 Å². The molecule has 60 valence electrons. The maximum Gasteiger partial charge on any atom is 0 e. The molecule has 0 amide bonds. The zero-order valence-electron chi connectivity index (χ0n) is 7.24. The maximum atomic E-state index is 3.60. The summed E-state index contributed by atoms with van der Waals surface area (Å²) in [5, 5.41) is 0. The van der Waals surface area contributed by atoms with Crippen molar-refractivity contribution in [3.63, 3.8) is 0 Å². The van der Waals surface area contributed by atoms with E-state index < -0.39 is 0 Å². The van der Waals surface area contributed by atoms with Crippen molar-refractivity contribution in [2.24, 2.45) is 0 Å². The van der Waals surface area contributed by atoms with Crippen LogP contribution in [0.1, 0.15) is 39.5 Å². The molecule has 10 heavy (non-hydrogen) atoms. The smallest absolute Gasteiger partial charge is 0 e. The molecule has 0 aromatic heterocycles. The molecule has 0 bridgehead atoms. The van der Waals surface area contributed by atoms with Gasteiger partial charge in [0.2, 0.25) is 0 Å². The fourth-order valence-corrected chi connectivity index (χ4v) is 0. The number of hydrogen-bond acceptors (Lipinski definition) is 0. The first-order chi connectivity index (χ1) is 3.83. The van der Waals surface area contributed by atoms with Crippen molar-refractivity contribution in [3.8, 4) is 0 Å². The van der Waals surface area contributed by atoms with Crippen LogP contribution in [0.15, 0.2) is 0 Å². The molecule has 0 nitrogen and oxygen atoms in total. The summed E-state index contributed by atoms with van der Waals surface area (Å²) < 4.78 is 0. The van der Waals surface area contributed by atoms with Crippen LogP contribution >= 0.6 is 0 Å². The van der Waals surface area contributed by atoms with E-state index in [4.69, 9.17) is 0 Å². The van der Waals surface area contributed by atoms with E-state index in [0.717, 1.165) is 12.8 Å². The van der Waals surface area contributed by atoms with Crippen molar-refractivity contribution in [3.05, 3.63) is 13.8 Å². The van der Waals surface area contributed by atoms with Crippen molar-refractivity contribution in [2.75, 3.05) is 0 Å². The molecule has 0 heterocycles. The number of unbranched alkanes of at least 4 members (excludes halogenated alkanes) is 2. The Morgan fingerprint density at radius 1 is 0.800 bits per heavy atom. The zero-order chi connectivity index (χ0) is 6.83. The molecular formula is C8H18Ti2-2.